The monoisotopic (exact) mass is 441 g/mol. The molecule has 0 aliphatic heterocycles. The summed E-state index contributed by atoms with van der Waals surface area (Å²) in [7, 11) is 1.74. The number of para-hydroxylation sites is 1. The molecular formula is C27H27N3O3. The van der Waals surface area contributed by atoms with E-state index in [2.05, 4.69) is 0 Å². The predicted octanol–water partition coefficient (Wildman–Crippen LogP) is 4.93. The summed E-state index contributed by atoms with van der Waals surface area (Å²) in [5.74, 6) is 1.10. The van der Waals surface area contributed by atoms with Crippen molar-refractivity contribution in [1.82, 2.24) is 14.5 Å². The highest BCUT2D eigenvalue weighted by Crippen LogP contribution is 2.25. The van der Waals surface area contributed by atoms with E-state index in [9.17, 15) is 9.59 Å². The van der Waals surface area contributed by atoms with Gasteiger partial charge in [-0.05, 0) is 68.8 Å². The zero-order valence-corrected chi connectivity index (χ0v) is 19.3. The number of ether oxygens (including phenoxy) is 1. The fourth-order valence-corrected chi connectivity index (χ4v) is 3.89. The maximum absolute atomic E-state index is 13.6. The fraction of sp³-hybridized carbons (Fsp3) is 0.222. The highest BCUT2D eigenvalue weighted by molar-refractivity contribution is 5.95. The molecule has 33 heavy (non-hydrogen) atoms. The maximum Gasteiger partial charge on any atom is 0.266 e. The van der Waals surface area contributed by atoms with Crippen molar-refractivity contribution in [2.24, 2.45) is 0 Å². The van der Waals surface area contributed by atoms with E-state index in [0.29, 0.717) is 34.6 Å². The fourth-order valence-electron chi connectivity index (χ4n) is 3.89. The van der Waals surface area contributed by atoms with Gasteiger partial charge in [0, 0.05) is 12.6 Å². The summed E-state index contributed by atoms with van der Waals surface area (Å²) in [5, 5.41) is 0.523. The molecule has 0 bridgehead atoms. The number of nitrogens with zero attached hydrogens (tertiary/aromatic N) is 3. The highest BCUT2D eigenvalue weighted by atomic mass is 16.5. The van der Waals surface area contributed by atoms with Crippen LogP contribution in [0, 0.1) is 6.92 Å². The largest absolute Gasteiger partial charge is 0.494 e. The minimum Gasteiger partial charge on any atom is -0.494 e. The molecule has 1 unspecified atom stereocenters. The van der Waals surface area contributed by atoms with Crippen LogP contribution >= 0.6 is 0 Å². The standard InChI is InChI=1S/C27H27N3O3/c1-5-33-21-16-14-20(15-17-21)30-25(28-24-13-9-8-12-23(24)27(30)32)19(3)29(4)26(31)22-11-7-6-10-18(22)2/h6-17,19H,5H2,1-4H3. The maximum atomic E-state index is 13.6. The molecule has 0 saturated heterocycles. The van der Waals surface area contributed by atoms with Gasteiger partial charge in [-0.1, -0.05) is 30.3 Å². The molecule has 0 fully saturated rings. The zero-order valence-electron chi connectivity index (χ0n) is 19.3. The molecule has 168 valence electrons. The molecule has 0 aliphatic carbocycles. The van der Waals surface area contributed by atoms with Crippen LogP contribution in [0.3, 0.4) is 0 Å². The van der Waals surface area contributed by atoms with E-state index in [1.54, 1.807) is 22.6 Å². The van der Waals surface area contributed by atoms with Gasteiger partial charge < -0.3 is 9.64 Å². The summed E-state index contributed by atoms with van der Waals surface area (Å²) in [5.41, 5.74) is 2.62. The SMILES string of the molecule is CCOc1ccc(-n2c(C(C)N(C)C(=O)c3ccccc3C)nc3ccccc3c2=O)cc1. The Hall–Kier alpha value is -3.93. The molecule has 0 radical (unpaired) electrons. The van der Waals surface area contributed by atoms with Gasteiger partial charge in [0.25, 0.3) is 11.5 Å². The predicted molar refractivity (Wildman–Crippen MR) is 130 cm³/mol. The normalized spacial score (nSPS) is 11.9. The number of carbonyl (C=O) groups excluding carboxylic acids is 1. The number of aryl methyl sites for hydroxylation is 1. The van der Waals surface area contributed by atoms with Gasteiger partial charge >= 0.3 is 0 Å². The van der Waals surface area contributed by atoms with Gasteiger partial charge in [0.05, 0.1) is 29.2 Å². The molecule has 1 amide bonds. The van der Waals surface area contributed by atoms with Gasteiger partial charge in [-0.3, -0.25) is 14.2 Å². The van der Waals surface area contributed by atoms with E-state index in [1.807, 2.05) is 87.5 Å². The first-order valence-electron chi connectivity index (χ1n) is 11.0. The highest BCUT2D eigenvalue weighted by Gasteiger charge is 2.25. The topological polar surface area (TPSA) is 64.4 Å². The molecule has 1 heterocycles. The third kappa shape index (κ3) is 4.24. The molecule has 4 aromatic rings. The van der Waals surface area contributed by atoms with E-state index in [-0.39, 0.29) is 11.5 Å². The second-order valence-corrected chi connectivity index (χ2v) is 7.96. The summed E-state index contributed by atoms with van der Waals surface area (Å²) in [6.45, 7) is 6.28. The molecule has 6 nitrogen and oxygen atoms in total. The number of hydrogen-bond acceptors (Lipinski definition) is 4. The molecule has 0 aliphatic rings. The summed E-state index contributed by atoms with van der Waals surface area (Å²) in [4.78, 5) is 33.3. The van der Waals surface area contributed by atoms with Gasteiger partial charge in [-0.15, -0.1) is 0 Å². The number of benzene rings is 3. The lowest BCUT2D eigenvalue weighted by atomic mass is 10.1. The Kier molecular flexibility index (Phi) is 6.27. The van der Waals surface area contributed by atoms with Crippen LogP contribution in [0.2, 0.25) is 0 Å². The first-order valence-corrected chi connectivity index (χ1v) is 11.0. The number of fused-ring (bicyclic) bond motifs is 1. The Bertz CT molecular complexity index is 1360. The average molecular weight is 442 g/mol. The van der Waals surface area contributed by atoms with Gasteiger partial charge in [-0.25, -0.2) is 4.98 Å². The number of amides is 1. The van der Waals surface area contributed by atoms with Crippen molar-refractivity contribution in [3.05, 3.63) is 100 Å². The molecule has 0 N–H and O–H groups in total. The molecule has 4 rings (SSSR count). The molecule has 1 aromatic heterocycles. The Morgan fingerprint density at radius 1 is 1.03 bits per heavy atom. The second kappa shape index (κ2) is 9.28. The summed E-state index contributed by atoms with van der Waals surface area (Å²) in [6, 6.07) is 21.6. The van der Waals surface area contributed by atoms with Crippen molar-refractivity contribution < 1.29 is 9.53 Å². The smallest absolute Gasteiger partial charge is 0.266 e. The Labute approximate surface area is 193 Å². The number of aromatic nitrogens is 2. The van der Waals surface area contributed by atoms with E-state index in [0.717, 1.165) is 11.3 Å². The lowest BCUT2D eigenvalue weighted by molar-refractivity contribution is 0.0734. The first kappa shape index (κ1) is 22.3. The van der Waals surface area contributed by atoms with Crippen LogP contribution in [0.5, 0.6) is 5.75 Å². The molecule has 1 atom stereocenters. The number of carbonyl (C=O) groups is 1. The van der Waals surface area contributed by atoms with Crippen LogP contribution in [-0.4, -0.2) is 34.0 Å². The lowest BCUT2D eigenvalue weighted by Crippen LogP contribution is -2.35. The molecule has 0 saturated carbocycles. The second-order valence-electron chi connectivity index (χ2n) is 7.96. The van der Waals surface area contributed by atoms with Crippen LogP contribution in [0.1, 0.15) is 41.6 Å². The Balaban J connectivity index is 1.85. The third-order valence-corrected chi connectivity index (χ3v) is 5.86. The van der Waals surface area contributed by atoms with Crippen molar-refractivity contribution in [3.63, 3.8) is 0 Å². The number of hydrogen-bond donors (Lipinski definition) is 0. The van der Waals surface area contributed by atoms with Gasteiger partial charge in [0.2, 0.25) is 0 Å². The van der Waals surface area contributed by atoms with Crippen molar-refractivity contribution >= 4 is 16.8 Å². The van der Waals surface area contributed by atoms with Crippen LogP contribution in [0.4, 0.5) is 0 Å². The van der Waals surface area contributed by atoms with E-state index in [4.69, 9.17) is 9.72 Å². The van der Waals surface area contributed by atoms with Crippen molar-refractivity contribution in [2.45, 2.75) is 26.8 Å². The van der Waals surface area contributed by atoms with Crippen molar-refractivity contribution in [2.75, 3.05) is 13.7 Å². The van der Waals surface area contributed by atoms with Crippen molar-refractivity contribution in [3.8, 4) is 11.4 Å². The first-order chi connectivity index (χ1) is 15.9. The molecular weight excluding hydrogens is 414 g/mol. The minimum absolute atomic E-state index is 0.124. The summed E-state index contributed by atoms with van der Waals surface area (Å²) < 4.78 is 7.14. The lowest BCUT2D eigenvalue weighted by Gasteiger charge is -2.27. The Morgan fingerprint density at radius 3 is 2.39 bits per heavy atom. The molecule has 3 aromatic carbocycles. The zero-order chi connectivity index (χ0) is 23.5. The van der Waals surface area contributed by atoms with E-state index >= 15 is 0 Å². The van der Waals surface area contributed by atoms with E-state index in [1.165, 1.54) is 0 Å². The van der Waals surface area contributed by atoms with Crippen LogP contribution in [0.15, 0.2) is 77.6 Å². The van der Waals surface area contributed by atoms with Gasteiger partial charge in [0.1, 0.15) is 11.6 Å². The molecule has 6 heteroatoms. The Morgan fingerprint density at radius 2 is 1.70 bits per heavy atom. The number of rotatable bonds is 6. The van der Waals surface area contributed by atoms with Gasteiger partial charge in [-0.2, -0.15) is 0 Å². The van der Waals surface area contributed by atoms with Crippen LogP contribution < -0.4 is 10.3 Å². The summed E-state index contributed by atoms with van der Waals surface area (Å²) >= 11 is 0. The summed E-state index contributed by atoms with van der Waals surface area (Å²) in [6.07, 6.45) is 0. The molecule has 0 spiro atoms. The minimum atomic E-state index is -0.457. The van der Waals surface area contributed by atoms with Crippen LogP contribution in [0.25, 0.3) is 16.6 Å². The van der Waals surface area contributed by atoms with E-state index < -0.39 is 6.04 Å². The quantitative estimate of drug-likeness (QED) is 0.426. The van der Waals surface area contributed by atoms with Crippen molar-refractivity contribution in [1.29, 1.82) is 0 Å². The average Bonchev–Trinajstić information content (AvgIpc) is 2.84. The third-order valence-electron chi connectivity index (χ3n) is 5.86. The van der Waals surface area contributed by atoms with Gasteiger partial charge in [0.15, 0.2) is 0 Å². The van der Waals surface area contributed by atoms with Crippen LogP contribution in [-0.2, 0) is 0 Å².